The number of nitrogens with one attached hydrogen (secondary N) is 1. The largest absolute Gasteiger partial charge is 0.350 e. The molecule has 19 heavy (non-hydrogen) atoms. The predicted octanol–water partition coefficient (Wildman–Crippen LogP) is 3.99. The quantitative estimate of drug-likeness (QED) is 0.822. The molecule has 2 aromatic rings. The molecule has 0 spiro atoms. The van der Waals surface area contributed by atoms with Crippen molar-refractivity contribution in [1.82, 2.24) is 9.88 Å². The first kappa shape index (κ1) is 12.7. The number of aromatic nitrogens is 1. The van der Waals surface area contributed by atoms with Gasteiger partial charge in [-0.25, -0.2) is 0 Å². The Balaban J connectivity index is 1.71. The monoisotopic (exact) mass is 256 g/mol. The van der Waals surface area contributed by atoms with Gasteiger partial charge in [0.05, 0.1) is 0 Å². The van der Waals surface area contributed by atoms with E-state index in [4.69, 9.17) is 0 Å². The second-order valence-electron chi connectivity index (χ2n) is 5.85. The Labute approximate surface area is 115 Å². The van der Waals surface area contributed by atoms with Gasteiger partial charge in [0, 0.05) is 36.7 Å². The molecule has 0 saturated heterocycles. The van der Waals surface area contributed by atoms with Crippen molar-refractivity contribution < 1.29 is 0 Å². The summed E-state index contributed by atoms with van der Waals surface area (Å²) in [6.45, 7) is 1.01. The maximum Gasteiger partial charge on any atom is 0.0481 e. The van der Waals surface area contributed by atoms with Crippen molar-refractivity contribution >= 4 is 10.9 Å². The molecule has 1 aliphatic rings. The SMILES string of the molecule is Cn1cc(CNC2CCCCCC2)c2ccccc21. The maximum atomic E-state index is 3.77. The lowest BCUT2D eigenvalue weighted by Crippen LogP contribution is -2.27. The third kappa shape index (κ3) is 2.84. The van der Waals surface area contributed by atoms with E-state index in [1.807, 2.05) is 0 Å². The van der Waals surface area contributed by atoms with Gasteiger partial charge in [0.2, 0.25) is 0 Å². The fourth-order valence-corrected chi connectivity index (χ4v) is 3.30. The molecule has 1 saturated carbocycles. The van der Waals surface area contributed by atoms with Gasteiger partial charge in [-0.05, 0) is 24.5 Å². The van der Waals surface area contributed by atoms with Crippen LogP contribution in [0.1, 0.15) is 44.1 Å². The van der Waals surface area contributed by atoms with E-state index < -0.39 is 0 Å². The minimum atomic E-state index is 0.724. The highest BCUT2D eigenvalue weighted by Gasteiger charge is 2.12. The summed E-state index contributed by atoms with van der Waals surface area (Å²) in [5.74, 6) is 0. The Morgan fingerprint density at radius 1 is 1.11 bits per heavy atom. The van der Waals surface area contributed by atoms with Crippen LogP contribution in [-0.4, -0.2) is 10.6 Å². The summed E-state index contributed by atoms with van der Waals surface area (Å²) in [7, 11) is 2.14. The Bertz CT molecular complexity index is 533. The summed E-state index contributed by atoms with van der Waals surface area (Å²) in [5, 5.41) is 5.16. The van der Waals surface area contributed by atoms with E-state index >= 15 is 0 Å². The summed E-state index contributed by atoms with van der Waals surface area (Å²) in [6.07, 6.45) is 10.6. The smallest absolute Gasteiger partial charge is 0.0481 e. The van der Waals surface area contributed by atoms with Crippen LogP contribution in [0, 0.1) is 0 Å². The molecule has 0 unspecified atom stereocenters. The van der Waals surface area contributed by atoms with Crippen molar-refractivity contribution in [3.05, 3.63) is 36.0 Å². The standard InChI is InChI=1S/C17H24N2/c1-19-13-14(16-10-6-7-11-17(16)19)12-18-15-8-4-2-3-5-9-15/h6-7,10-11,13,15,18H,2-5,8-9,12H2,1H3. The maximum absolute atomic E-state index is 3.77. The minimum Gasteiger partial charge on any atom is -0.350 e. The fraction of sp³-hybridized carbons (Fsp3) is 0.529. The number of fused-ring (bicyclic) bond motifs is 1. The number of aryl methyl sites for hydroxylation is 1. The molecule has 102 valence electrons. The van der Waals surface area contributed by atoms with E-state index in [2.05, 4.69) is 47.4 Å². The topological polar surface area (TPSA) is 17.0 Å². The van der Waals surface area contributed by atoms with E-state index in [0.29, 0.717) is 0 Å². The second-order valence-corrected chi connectivity index (χ2v) is 5.85. The molecule has 2 nitrogen and oxygen atoms in total. The van der Waals surface area contributed by atoms with Gasteiger partial charge in [-0.3, -0.25) is 0 Å². The van der Waals surface area contributed by atoms with Crippen LogP contribution in [0.25, 0.3) is 10.9 Å². The molecule has 1 N–H and O–H groups in total. The van der Waals surface area contributed by atoms with E-state index in [-0.39, 0.29) is 0 Å². The summed E-state index contributed by atoms with van der Waals surface area (Å²) >= 11 is 0. The molecule has 1 heterocycles. The van der Waals surface area contributed by atoms with Crippen LogP contribution in [0.2, 0.25) is 0 Å². The Hall–Kier alpha value is -1.28. The number of nitrogens with zero attached hydrogens (tertiary/aromatic N) is 1. The zero-order valence-electron chi connectivity index (χ0n) is 11.9. The van der Waals surface area contributed by atoms with Crippen LogP contribution >= 0.6 is 0 Å². The molecule has 0 aliphatic heterocycles. The number of para-hydroxylation sites is 1. The van der Waals surface area contributed by atoms with Crippen molar-refractivity contribution in [1.29, 1.82) is 0 Å². The Kier molecular flexibility index (Phi) is 3.88. The van der Waals surface area contributed by atoms with E-state index in [0.717, 1.165) is 12.6 Å². The Morgan fingerprint density at radius 3 is 2.63 bits per heavy atom. The van der Waals surface area contributed by atoms with Crippen LogP contribution in [0.4, 0.5) is 0 Å². The van der Waals surface area contributed by atoms with Crippen molar-refractivity contribution in [3.63, 3.8) is 0 Å². The van der Waals surface area contributed by atoms with Gasteiger partial charge in [0.1, 0.15) is 0 Å². The lowest BCUT2D eigenvalue weighted by Gasteiger charge is -2.15. The molecule has 0 bridgehead atoms. The van der Waals surface area contributed by atoms with E-state index in [1.54, 1.807) is 0 Å². The minimum absolute atomic E-state index is 0.724. The van der Waals surface area contributed by atoms with E-state index in [9.17, 15) is 0 Å². The van der Waals surface area contributed by atoms with Gasteiger partial charge < -0.3 is 9.88 Å². The molecule has 2 heteroatoms. The van der Waals surface area contributed by atoms with Gasteiger partial charge in [-0.2, -0.15) is 0 Å². The summed E-state index contributed by atoms with van der Waals surface area (Å²) in [6, 6.07) is 9.41. The zero-order valence-corrected chi connectivity index (χ0v) is 11.9. The zero-order chi connectivity index (χ0) is 13.1. The van der Waals surface area contributed by atoms with Crippen molar-refractivity contribution in [2.24, 2.45) is 7.05 Å². The van der Waals surface area contributed by atoms with Gasteiger partial charge in [-0.1, -0.05) is 43.9 Å². The fourth-order valence-electron chi connectivity index (χ4n) is 3.30. The lowest BCUT2D eigenvalue weighted by molar-refractivity contribution is 0.460. The molecule has 1 aromatic carbocycles. The average Bonchev–Trinajstić information content (AvgIpc) is 2.63. The summed E-state index contributed by atoms with van der Waals surface area (Å²) in [4.78, 5) is 0. The number of hydrogen-bond acceptors (Lipinski definition) is 1. The molecule has 0 radical (unpaired) electrons. The second kappa shape index (κ2) is 5.79. The predicted molar refractivity (Wildman–Crippen MR) is 81.2 cm³/mol. The average molecular weight is 256 g/mol. The molecule has 1 aliphatic carbocycles. The summed E-state index contributed by atoms with van der Waals surface area (Å²) < 4.78 is 2.24. The molecule has 3 rings (SSSR count). The molecule has 1 fully saturated rings. The van der Waals surface area contributed by atoms with Crippen molar-refractivity contribution in [3.8, 4) is 0 Å². The first-order valence-electron chi connectivity index (χ1n) is 7.61. The third-order valence-corrected chi connectivity index (χ3v) is 4.42. The molecular formula is C17H24N2. The number of rotatable bonds is 3. The van der Waals surface area contributed by atoms with Crippen LogP contribution < -0.4 is 5.32 Å². The third-order valence-electron chi connectivity index (χ3n) is 4.42. The normalized spacial score (nSPS) is 17.7. The van der Waals surface area contributed by atoms with E-state index in [1.165, 1.54) is 55.0 Å². The van der Waals surface area contributed by atoms with Crippen LogP contribution in [0.5, 0.6) is 0 Å². The highest BCUT2D eigenvalue weighted by atomic mass is 14.9. The molecular weight excluding hydrogens is 232 g/mol. The highest BCUT2D eigenvalue weighted by Crippen LogP contribution is 2.22. The van der Waals surface area contributed by atoms with Crippen LogP contribution in [-0.2, 0) is 13.6 Å². The van der Waals surface area contributed by atoms with Crippen LogP contribution in [0.3, 0.4) is 0 Å². The Morgan fingerprint density at radius 2 is 1.84 bits per heavy atom. The van der Waals surface area contributed by atoms with Crippen molar-refractivity contribution in [2.45, 2.75) is 51.1 Å². The first-order valence-corrected chi connectivity index (χ1v) is 7.61. The molecule has 0 atom stereocenters. The number of hydrogen-bond donors (Lipinski definition) is 1. The summed E-state index contributed by atoms with van der Waals surface area (Å²) in [5.41, 5.74) is 2.77. The lowest BCUT2D eigenvalue weighted by atomic mass is 10.1. The van der Waals surface area contributed by atoms with Gasteiger partial charge in [-0.15, -0.1) is 0 Å². The van der Waals surface area contributed by atoms with Gasteiger partial charge >= 0.3 is 0 Å². The molecule has 1 aromatic heterocycles. The first-order chi connectivity index (χ1) is 9.34. The van der Waals surface area contributed by atoms with Crippen LogP contribution in [0.15, 0.2) is 30.5 Å². The van der Waals surface area contributed by atoms with Gasteiger partial charge in [0.25, 0.3) is 0 Å². The highest BCUT2D eigenvalue weighted by molar-refractivity contribution is 5.83. The van der Waals surface area contributed by atoms with Gasteiger partial charge in [0.15, 0.2) is 0 Å². The number of benzene rings is 1. The molecule has 0 amide bonds. The van der Waals surface area contributed by atoms with Crippen molar-refractivity contribution in [2.75, 3.05) is 0 Å².